The Morgan fingerprint density at radius 1 is 1.50 bits per heavy atom. The van der Waals surface area contributed by atoms with Crippen LogP contribution in [0.15, 0.2) is 10.5 Å². The van der Waals surface area contributed by atoms with E-state index in [0.29, 0.717) is 16.9 Å². The molecule has 0 saturated heterocycles. The predicted molar refractivity (Wildman–Crippen MR) is 62.8 cm³/mol. The molecule has 2 N–H and O–H groups in total. The van der Waals surface area contributed by atoms with E-state index >= 15 is 0 Å². The summed E-state index contributed by atoms with van der Waals surface area (Å²) in [6, 6.07) is 1.76. The van der Waals surface area contributed by atoms with E-state index in [1.807, 2.05) is 0 Å². The fraction of sp³-hybridized carbons (Fsp3) is 0.364. The van der Waals surface area contributed by atoms with Crippen LogP contribution in [0.1, 0.15) is 22.8 Å². The lowest BCUT2D eigenvalue weighted by Crippen LogP contribution is -2.14. The summed E-state index contributed by atoms with van der Waals surface area (Å²) in [5.41, 5.74) is 1.74. The number of aliphatic hydroxyl groups is 1. The molecule has 1 atom stereocenters. The van der Waals surface area contributed by atoms with Crippen LogP contribution < -0.4 is 4.74 Å². The van der Waals surface area contributed by atoms with E-state index in [1.54, 1.807) is 19.9 Å². The van der Waals surface area contributed by atoms with Gasteiger partial charge in [0.05, 0.1) is 7.11 Å². The summed E-state index contributed by atoms with van der Waals surface area (Å²) in [5.74, 6) is -0.884. The Morgan fingerprint density at radius 2 is 2.06 bits per heavy atom. The molecule has 16 heavy (non-hydrogen) atoms. The molecule has 1 aromatic carbocycles. The molecule has 0 aliphatic carbocycles. The van der Waals surface area contributed by atoms with E-state index in [4.69, 9.17) is 9.84 Å². The molecule has 5 heteroatoms. The number of carboxylic acids is 1. The highest BCUT2D eigenvalue weighted by atomic mass is 79.9. The van der Waals surface area contributed by atoms with Crippen LogP contribution in [0.5, 0.6) is 5.75 Å². The van der Waals surface area contributed by atoms with E-state index in [1.165, 1.54) is 7.11 Å². The monoisotopic (exact) mass is 288 g/mol. The van der Waals surface area contributed by atoms with Gasteiger partial charge in [0.1, 0.15) is 5.75 Å². The summed E-state index contributed by atoms with van der Waals surface area (Å²) in [7, 11) is 1.45. The molecule has 0 aliphatic heterocycles. The lowest BCUT2D eigenvalue weighted by atomic mass is 9.99. The second-order valence-corrected chi connectivity index (χ2v) is 4.34. The molecular formula is C11H13BrO4. The van der Waals surface area contributed by atoms with E-state index < -0.39 is 12.1 Å². The van der Waals surface area contributed by atoms with Crippen molar-refractivity contribution in [3.8, 4) is 5.75 Å². The number of benzene rings is 1. The molecule has 0 fully saturated rings. The van der Waals surface area contributed by atoms with Crippen molar-refractivity contribution in [3.63, 3.8) is 0 Å². The molecule has 0 spiro atoms. The lowest BCUT2D eigenvalue weighted by molar-refractivity contribution is -0.147. The second kappa shape index (κ2) is 4.84. The largest absolute Gasteiger partial charge is 0.496 e. The quantitative estimate of drug-likeness (QED) is 0.895. The maximum atomic E-state index is 10.8. The number of carboxylic acid groups (broad SMARTS) is 1. The third-order valence-corrected chi connectivity index (χ3v) is 3.25. The molecule has 0 bridgehead atoms. The maximum Gasteiger partial charge on any atom is 0.337 e. The summed E-state index contributed by atoms with van der Waals surface area (Å²) in [6.45, 7) is 3.52. The zero-order valence-electron chi connectivity index (χ0n) is 9.24. The standard InChI is InChI=1S/C11H13BrO4/c1-5-4-7(12)6(2)10(16-3)8(5)9(13)11(14)15/h4,9,13H,1-3H3,(H,14,15). The van der Waals surface area contributed by atoms with Gasteiger partial charge < -0.3 is 14.9 Å². The second-order valence-electron chi connectivity index (χ2n) is 3.49. The Morgan fingerprint density at radius 3 is 2.50 bits per heavy atom. The molecule has 1 unspecified atom stereocenters. The number of rotatable bonds is 3. The molecule has 0 heterocycles. The van der Waals surface area contributed by atoms with Gasteiger partial charge in [0.15, 0.2) is 6.10 Å². The first-order valence-electron chi connectivity index (χ1n) is 4.64. The van der Waals surface area contributed by atoms with Crippen LogP contribution in [0.3, 0.4) is 0 Å². The van der Waals surface area contributed by atoms with Gasteiger partial charge in [-0.2, -0.15) is 0 Å². The number of aliphatic hydroxyl groups excluding tert-OH is 1. The molecule has 1 rings (SSSR count). The van der Waals surface area contributed by atoms with Gasteiger partial charge in [0.25, 0.3) is 0 Å². The normalized spacial score (nSPS) is 12.3. The minimum absolute atomic E-state index is 0.302. The highest BCUT2D eigenvalue weighted by molar-refractivity contribution is 9.10. The van der Waals surface area contributed by atoms with Crippen molar-refractivity contribution in [1.82, 2.24) is 0 Å². The van der Waals surface area contributed by atoms with Crippen LogP contribution >= 0.6 is 15.9 Å². The number of aryl methyl sites for hydroxylation is 1. The average molecular weight is 289 g/mol. The average Bonchev–Trinajstić information content (AvgIpc) is 2.21. The Hall–Kier alpha value is -1.07. The maximum absolute atomic E-state index is 10.8. The van der Waals surface area contributed by atoms with Crippen LogP contribution in [-0.4, -0.2) is 23.3 Å². The van der Waals surface area contributed by atoms with Gasteiger partial charge >= 0.3 is 5.97 Å². The smallest absolute Gasteiger partial charge is 0.337 e. The molecule has 0 aromatic heterocycles. The first-order chi connectivity index (χ1) is 7.40. The van der Waals surface area contributed by atoms with Gasteiger partial charge in [-0.25, -0.2) is 4.79 Å². The molecular weight excluding hydrogens is 276 g/mol. The Kier molecular flexibility index (Phi) is 3.93. The van der Waals surface area contributed by atoms with Gasteiger partial charge in [0, 0.05) is 15.6 Å². The zero-order valence-corrected chi connectivity index (χ0v) is 10.8. The Balaban J connectivity index is 3.48. The van der Waals surface area contributed by atoms with E-state index in [-0.39, 0.29) is 0 Å². The number of halogens is 1. The topological polar surface area (TPSA) is 66.8 Å². The first kappa shape index (κ1) is 13.0. The molecule has 88 valence electrons. The SMILES string of the molecule is COc1c(C)c(Br)cc(C)c1C(O)C(=O)O. The van der Waals surface area contributed by atoms with Crippen molar-refractivity contribution in [2.75, 3.05) is 7.11 Å². The van der Waals surface area contributed by atoms with Crippen LogP contribution in [0.25, 0.3) is 0 Å². The summed E-state index contributed by atoms with van der Waals surface area (Å²) < 4.78 is 5.98. The van der Waals surface area contributed by atoms with Crippen molar-refractivity contribution < 1.29 is 19.7 Å². The highest BCUT2D eigenvalue weighted by Gasteiger charge is 2.24. The minimum atomic E-state index is -1.57. The molecule has 1 aromatic rings. The summed E-state index contributed by atoms with van der Waals surface area (Å²) in [4.78, 5) is 10.8. The molecule has 0 radical (unpaired) electrons. The van der Waals surface area contributed by atoms with Crippen LogP contribution in [0.2, 0.25) is 0 Å². The lowest BCUT2D eigenvalue weighted by Gasteiger charge is -2.17. The van der Waals surface area contributed by atoms with Crippen molar-refractivity contribution in [2.24, 2.45) is 0 Å². The first-order valence-corrected chi connectivity index (χ1v) is 5.43. The van der Waals surface area contributed by atoms with Gasteiger partial charge in [-0.05, 0) is 25.5 Å². The van der Waals surface area contributed by atoms with E-state index in [2.05, 4.69) is 15.9 Å². The number of hydrogen-bond donors (Lipinski definition) is 2. The third kappa shape index (κ3) is 2.20. The predicted octanol–water partition coefficient (Wildman–Crippen LogP) is 2.19. The van der Waals surface area contributed by atoms with Crippen molar-refractivity contribution in [1.29, 1.82) is 0 Å². The van der Waals surface area contributed by atoms with Gasteiger partial charge in [-0.15, -0.1) is 0 Å². The molecule has 0 aliphatic rings. The fourth-order valence-electron chi connectivity index (χ4n) is 1.59. The third-order valence-electron chi connectivity index (χ3n) is 2.42. The summed E-state index contributed by atoms with van der Waals surface area (Å²) in [6.07, 6.45) is -1.57. The zero-order chi connectivity index (χ0) is 12.5. The molecule has 0 amide bonds. The van der Waals surface area contributed by atoms with Crippen LogP contribution in [-0.2, 0) is 4.79 Å². The number of hydrogen-bond acceptors (Lipinski definition) is 3. The minimum Gasteiger partial charge on any atom is -0.496 e. The van der Waals surface area contributed by atoms with E-state index in [0.717, 1.165) is 10.0 Å². The van der Waals surface area contributed by atoms with E-state index in [9.17, 15) is 9.90 Å². The number of ether oxygens (including phenoxy) is 1. The highest BCUT2D eigenvalue weighted by Crippen LogP contribution is 2.36. The van der Waals surface area contributed by atoms with Crippen LogP contribution in [0, 0.1) is 13.8 Å². The summed E-state index contributed by atoms with van der Waals surface area (Å²) >= 11 is 3.35. The van der Waals surface area contributed by atoms with Crippen molar-refractivity contribution in [3.05, 3.63) is 27.2 Å². The fourth-order valence-corrected chi connectivity index (χ4v) is 2.12. The van der Waals surface area contributed by atoms with Crippen LogP contribution in [0.4, 0.5) is 0 Å². The number of aliphatic carboxylic acids is 1. The number of methoxy groups -OCH3 is 1. The Bertz CT molecular complexity index is 428. The van der Waals surface area contributed by atoms with Crippen molar-refractivity contribution >= 4 is 21.9 Å². The van der Waals surface area contributed by atoms with Gasteiger partial charge in [-0.3, -0.25) is 0 Å². The molecule has 4 nitrogen and oxygen atoms in total. The van der Waals surface area contributed by atoms with Gasteiger partial charge in [-0.1, -0.05) is 15.9 Å². The van der Waals surface area contributed by atoms with Crippen molar-refractivity contribution in [2.45, 2.75) is 20.0 Å². The molecule has 0 saturated carbocycles. The summed E-state index contributed by atoms with van der Waals surface area (Å²) in [5, 5.41) is 18.4. The van der Waals surface area contributed by atoms with Gasteiger partial charge in [0.2, 0.25) is 0 Å². The Labute approximate surface area is 102 Å². The number of carbonyl (C=O) groups is 1.